The van der Waals surface area contributed by atoms with Crippen LogP contribution in [0.25, 0.3) is 0 Å². The van der Waals surface area contributed by atoms with Gasteiger partial charge in [0.1, 0.15) is 22.1 Å². The molecule has 2 rings (SSSR count). The number of para-hydroxylation sites is 1. The fourth-order valence-corrected chi connectivity index (χ4v) is 3.95. The van der Waals surface area contributed by atoms with Gasteiger partial charge in [0.2, 0.25) is 0 Å². The molecule has 0 atom stereocenters. The van der Waals surface area contributed by atoms with Crippen LogP contribution in [0.2, 0.25) is 0 Å². The maximum absolute atomic E-state index is 12.6. The summed E-state index contributed by atoms with van der Waals surface area (Å²) in [5.74, 6) is 0.240. The van der Waals surface area contributed by atoms with Crippen molar-refractivity contribution >= 4 is 31.0 Å². The molecule has 0 saturated carbocycles. The molecule has 0 fully saturated rings. The van der Waals surface area contributed by atoms with Gasteiger partial charge in [0.25, 0.3) is 0 Å². The second kappa shape index (κ2) is 13.3. The monoisotopic (exact) mass is 481 g/mol. The van der Waals surface area contributed by atoms with Crippen LogP contribution in [0.1, 0.15) is 42.6 Å². The lowest BCUT2D eigenvalue weighted by molar-refractivity contribution is 0.0729. The highest BCUT2D eigenvalue weighted by atomic mass is 32.1. The van der Waals surface area contributed by atoms with Gasteiger partial charge < -0.3 is 15.2 Å². The van der Waals surface area contributed by atoms with E-state index in [4.69, 9.17) is 41.0 Å². The van der Waals surface area contributed by atoms with Crippen molar-refractivity contribution in [1.82, 2.24) is 0 Å². The van der Waals surface area contributed by atoms with E-state index in [-0.39, 0.29) is 24.8 Å². The molecule has 0 aliphatic heterocycles. The first-order chi connectivity index (χ1) is 15.4. The van der Waals surface area contributed by atoms with Crippen molar-refractivity contribution in [3.8, 4) is 11.5 Å². The van der Waals surface area contributed by atoms with Gasteiger partial charge in [-0.15, -0.1) is 0 Å². The molecule has 2 aromatic rings. The van der Waals surface area contributed by atoms with E-state index in [1.54, 1.807) is 62.4 Å². The topological polar surface area (TPSA) is 106 Å². The summed E-state index contributed by atoms with van der Waals surface area (Å²) in [6, 6.07) is 13.4. The second-order valence-electron chi connectivity index (χ2n) is 6.45. The molecular formula is C22H28NO7PS. The van der Waals surface area contributed by atoms with Gasteiger partial charge in [0.05, 0.1) is 26.4 Å². The van der Waals surface area contributed by atoms with Crippen LogP contribution < -0.4 is 15.2 Å². The number of hydrogen-bond donors (Lipinski definition) is 1. The van der Waals surface area contributed by atoms with E-state index in [1.807, 2.05) is 0 Å². The highest BCUT2D eigenvalue weighted by Gasteiger charge is 2.24. The van der Waals surface area contributed by atoms with E-state index in [9.17, 15) is 9.36 Å². The summed E-state index contributed by atoms with van der Waals surface area (Å²) in [6.07, 6.45) is 1.19. The zero-order valence-corrected chi connectivity index (χ0v) is 19.9. The number of carbonyl (C=O) groups excluding carboxylic acids is 1. The fraction of sp³-hybridized carbons (Fsp3) is 0.364. The standard InChI is InChI=1S/C22H28NO7PS/c1-3-27-31(25,28-4-2)29-16-8-7-15-26-20-10-6-5-9-19(20)22(24)30-18-13-11-17(12-14-18)21(23)32/h5-6,9-14H,3-4,7-8,15-16H2,1-2H3,(H2,23,32). The third-order valence-electron chi connectivity index (χ3n) is 4.08. The number of nitrogens with two attached hydrogens (primary N) is 1. The van der Waals surface area contributed by atoms with Crippen LogP contribution in [0.5, 0.6) is 11.5 Å². The van der Waals surface area contributed by atoms with Crippen molar-refractivity contribution in [2.45, 2.75) is 26.7 Å². The number of hydrogen-bond acceptors (Lipinski definition) is 8. The summed E-state index contributed by atoms with van der Waals surface area (Å²) in [5, 5.41) is 0. The van der Waals surface area contributed by atoms with E-state index in [1.165, 1.54) is 0 Å². The first kappa shape index (κ1) is 26.0. The summed E-state index contributed by atoms with van der Waals surface area (Å²) in [4.78, 5) is 12.9. The van der Waals surface area contributed by atoms with Crippen molar-refractivity contribution in [1.29, 1.82) is 0 Å². The molecule has 32 heavy (non-hydrogen) atoms. The van der Waals surface area contributed by atoms with Crippen LogP contribution in [0.15, 0.2) is 48.5 Å². The van der Waals surface area contributed by atoms with Crippen molar-refractivity contribution < 1.29 is 32.4 Å². The molecule has 0 heterocycles. The Labute approximate surface area is 193 Å². The Kier molecular flexibility index (Phi) is 10.8. The zero-order valence-electron chi connectivity index (χ0n) is 18.2. The molecule has 0 aliphatic rings. The zero-order chi connectivity index (χ0) is 23.4. The van der Waals surface area contributed by atoms with Crippen LogP contribution in [0.4, 0.5) is 0 Å². The van der Waals surface area contributed by atoms with Crippen molar-refractivity contribution in [3.63, 3.8) is 0 Å². The summed E-state index contributed by atoms with van der Waals surface area (Å²) in [7, 11) is -3.51. The normalized spacial score (nSPS) is 11.2. The Morgan fingerprint density at radius 2 is 1.56 bits per heavy atom. The minimum atomic E-state index is -3.51. The maximum Gasteiger partial charge on any atom is 0.474 e. The first-order valence-electron chi connectivity index (χ1n) is 10.3. The highest BCUT2D eigenvalue weighted by molar-refractivity contribution is 7.80. The van der Waals surface area contributed by atoms with E-state index >= 15 is 0 Å². The Hall–Kier alpha value is -2.29. The van der Waals surface area contributed by atoms with Gasteiger partial charge in [-0.3, -0.25) is 13.6 Å². The summed E-state index contributed by atoms with van der Waals surface area (Å²) >= 11 is 4.91. The molecular weight excluding hydrogens is 453 g/mol. The molecule has 8 nitrogen and oxygen atoms in total. The number of phosphoric ester groups is 1. The van der Waals surface area contributed by atoms with Gasteiger partial charge in [0.15, 0.2) is 0 Å². The lowest BCUT2D eigenvalue weighted by Gasteiger charge is -2.16. The molecule has 0 aromatic heterocycles. The number of carbonyl (C=O) groups is 1. The Bertz CT molecular complexity index is 926. The van der Waals surface area contributed by atoms with Crippen LogP contribution in [-0.2, 0) is 18.1 Å². The van der Waals surface area contributed by atoms with Crippen LogP contribution in [0.3, 0.4) is 0 Å². The van der Waals surface area contributed by atoms with Gasteiger partial charge in [-0.1, -0.05) is 24.4 Å². The lowest BCUT2D eigenvalue weighted by atomic mass is 10.2. The predicted molar refractivity (Wildman–Crippen MR) is 125 cm³/mol. The van der Waals surface area contributed by atoms with E-state index in [0.29, 0.717) is 42.1 Å². The minimum absolute atomic E-state index is 0.201. The van der Waals surface area contributed by atoms with Crippen LogP contribution in [-0.4, -0.2) is 37.4 Å². The molecule has 0 unspecified atom stereocenters. The first-order valence-corrected chi connectivity index (χ1v) is 12.1. The lowest BCUT2D eigenvalue weighted by Crippen LogP contribution is -2.12. The number of rotatable bonds is 14. The average molecular weight is 482 g/mol. The Morgan fingerprint density at radius 3 is 2.19 bits per heavy atom. The Morgan fingerprint density at radius 1 is 0.938 bits per heavy atom. The summed E-state index contributed by atoms with van der Waals surface area (Å²) < 4.78 is 38.8. The predicted octanol–water partition coefficient (Wildman–Crippen LogP) is 4.90. The number of benzene rings is 2. The van der Waals surface area contributed by atoms with Gasteiger partial charge in [-0.25, -0.2) is 9.36 Å². The number of ether oxygens (including phenoxy) is 2. The van der Waals surface area contributed by atoms with E-state index in [0.717, 1.165) is 0 Å². The van der Waals surface area contributed by atoms with Gasteiger partial charge >= 0.3 is 13.8 Å². The number of phosphoric acid groups is 1. The minimum Gasteiger partial charge on any atom is -0.493 e. The third-order valence-corrected chi connectivity index (χ3v) is 5.96. The number of unbranched alkanes of at least 4 members (excludes halogenated alkanes) is 1. The molecule has 2 aromatic carbocycles. The van der Waals surface area contributed by atoms with Gasteiger partial charge in [-0.2, -0.15) is 0 Å². The van der Waals surface area contributed by atoms with Gasteiger partial charge in [-0.05, 0) is 63.1 Å². The third kappa shape index (κ3) is 8.33. The smallest absolute Gasteiger partial charge is 0.474 e. The van der Waals surface area contributed by atoms with Gasteiger partial charge in [0, 0.05) is 5.56 Å². The van der Waals surface area contributed by atoms with Crippen molar-refractivity contribution in [2.24, 2.45) is 5.73 Å². The second-order valence-corrected chi connectivity index (χ2v) is 8.55. The molecule has 10 heteroatoms. The van der Waals surface area contributed by atoms with Crippen molar-refractivity contribution in [3.05, 3.63) is 59.7 Å². The molecule has 0 bridgehead atoms. The van der Waals surface area contributed by atoms with E-state index < -0.39 is 13.8 Å². The number of thiocarbonyl (C=S) groups is 1. The van der Waals surface area contributed by atoms with E-state index in [2.05, 4.69) is 0 Å². The summed E-state index contributed by atoms with van der Waals surface area (Å²) in [5.41, 5.74) is 6.57. The fourth-order valence-electron chi connectivity index (χ4n) is 2.60. The Balaban J connectivity index is 1.84. The molecule has 0 radical (unpaired) electrons. The molecule has 2 N–H and O–H groups in total. The molecule has 0 spiro atoms. The molecule has 174 valence electrons. The quantitative estimate of drug-likeness (QED) is 0.133. The molecule has 0 amide bonds. The molecule has 0 saturated heterocycles. The average Bonchev–Trinajstić information content (AvgIpc) is 2.77. The maximum atomic E-state index is 12.6. The number of esters is 1. The SMILES string of the molecule is CCOP(=O)(OCC)OCCCCOc1ccccc1C(=O)Oc1ccc(C(N)=S)cc1. The highest BCUT2D eigenvalue weighted by Crippen LogP contribution is 2.49. The summed E-state index contributed by atoms with van der Waals surface area (Å²) in [6.45, 7) is 4.44. The van der Waals surface area contributed by atoms with Crippen molar-refractivity contribution in [2.75, 3.05) is 26.4 Å². The largest absolute Gasteiger partial charge is 0.493 e. The van der Waals surface area contributed by atoms with Crippen LogP contribution >= 0.6 is 20.0 Å². The van der Waals surface area contributed by atoms with Crippen LogP contribution in [0, 0.1) is 0 Å². The molecule has 0 aliphatic carbocycles.